The van der Waals surface area contributed by atoms with Crippen LogP contribution in [0, 0.1) is 29.1 Å². The molecule has 14 nitrogen and oxygen atoms in total. The number of piperidine rings is 1. The Morgan fingerprint density at radius 1 is 0.957 bits per heavy atom. The monoisotopic (exact) mass is 995 g/mol. The Morgan fingerprint density at radius 3 is 2.21 bits per heavy atom. The number of benzene rings is 3. The number of piperazine rings is 1. The van der Waals surface area contributed by atoms with Crippen molar-refractivity contribution < 1.29 is 33.3 Å². The van der Waals surface area contributed by atoms with E-state index >= 15 is 0 Å². The molecule has 4 aromatic rings. The van der Waals surface area contributed by atoms with E-state index in [2.05, 4.69) is 62.8 Å². The Hall–Kier alpha value is -5.37. The molecule has 6 rings (SSSR count). The molecule has 0 amide bonds. The molecule has 3 atom stereocenters. The van der Waals surface area contributed by atoms with Crippen molar-refractivity contribution in [2.75, 3.05) is 68.1 Å². The van der Waals surface area contributed by atoms with Crippen LogP contribution in [-0.4, -0.2) is 100 Å². The molecule has 70 heavy (non-hydrogen) atoms. The molecule has 0 saturated carbocycles. The molecule has 0 aliphatic carbocycles. The molecule has 3 heterocycles. The maximum absolute atomic E-state index is 13.2. The van der Waals surface area contributed by atoms with E-state index in [1.165, 1.54) is 7.05 Å². The third kappa shape index (κ3) is 15.1. The van der Waals surface area contributed by atoms with Crippen LogP contribution in [0.5, 0.6) is 5.75 Å². The van der Waals surface area contributed by atoms with Crippen LogP contribution in [0.15, 0.2) is 66.9 Å². The Morgan fingerprint density at radius 2 is 1.63 bits per heavy atom. The third-order valence-electron chi connectivity index (χ3n) is 13.7. The first kappa shape index (κ1) is 55.6. The number of halogens is 1. The second-order valence-corrected chi connectivity index (χ2v) is 20.6. The van der Waals surface area contributed by atoms with Crippen LogP contribution in [0.25, 0.3) is 0 Å². The van der Waals surface area contributed by atoms with Crippen molar-refractivity contribution in [3.8, 4) is 11.8 Å². The fourth-order valence-electron chi connectivity index (χ4n) is 8.84. The van der Waals surface area contributed by atoms with Crippen molar-refractivity contribution in [2.24, 2.45) is 17.8 Å². The highest BCUT2D eigenvalue weighted by molar-refractivity contribution is 7.74. The number of nitrogens with one attached hydrogen (secondary N) is 1. The van der Waals surface area contributed by atoms with E-state index in [9.17, 15) is 29.6 Å². The lowest BCUT2D eigenvalue weighted by molar-refractivity contribution is -0.955. The maximum Gasteiger partial charge on any atom is 0.273 e. The van der Waals surface area contributed by atoms with E-state index in [4.69, 9.17) is 16.3 Å². The average molecular weight is 997 g/mol. The molecule has 16 heteroatoms. The molecule has 2 aliphatic rings. The van der Waals surface area contributed by atoms with Crippen LogP contribution in [0.4, 0.5) is 17.3 Å². The maximum atomic E-state index is 13.2. The highest BCUT2D eigenvalue weighted by atomic mass is 35.5. The normalized spacial score (nSPS) is 16.2. The number of ketones is 4. The molecule has 2 aliphatic heterocycles. The summed E-state index contributed by atoms with van der Waals surface area (Å²) in [5.41, 5.74) is 8.19. The van der Waals surface area contributed by atoms with Crippen LogP contribution in [0.2, 0.25) is 5.02 Å². The van der Waals surface area contributed by atoms with Gasteiger partial charge in [-0.1, -0.05) is 77.4 Å². The average Bonchev–Trinajstić information content (AvgIpc) is 3.34. The molecule has 0 bridgehead atoms. The number of nitrogens with zero attached hydrogens (tertiary/aromatic N) is 7. The summed E-state index contributed by atoms with van der Waals surface area (Å²) in [6.45, 7) is 21.3. The first-order chi connectivity index (χ1) is 33.1. The van der Waals surface area contributed by atoms with E-state index in [-0.39, 0.29) is 47.5 Å². The van der Waals surface area contributed by atoms with Crippen LogP contribution in [0.3, 0.4) is 0 Å². The summed E-state index contributed by atoms with van der Waals surface area (Å²) in [7, 11) is 1.42. The number of nitriles is 1. The van der Waals surface area contributed by atoms with Crippen molar-refractivity contribution >= 4 is 64.9 Å². The van der Waals surface area contributed by atoms with Crippen molar-refractivity contribution in [3.63, 3.8) is 0 Å². The number of rotatable bonds is 20. The fraction of sp³-hybridized carbons (Fsp3) is 0.500. The predicted octanol–water partition coefficient (Wildman–Crippen LogP) is 10.4. The number of thiol groups is 1. The Balaban J connectivity index is 0.000000738. The van der Waals surface area contributed by atoms with Gasteiger partial charge in [0.25, 0.3) is 5.95 Å². The van der Waals surface area contributed by atoms with Gasteiger partial charge in [0.2, 0.25) is 0 Å². The Labute approximate surface area is 425 Å². The van der Waals surface area contributed by atoms with E-state index < -0.39 is 9.58 Å². The van der Waals surface area contributed by atoms with E-state index in [1.54, 1.807) is 32.2 Å². The summed E-state index contributed by atoms with van der Waals surface area (Å²) < 4.78 is 5.18. The minimum absolute atomic E-state index is 0.0357. The van der Waals surface area contributed by atoms with Crippen molar-refractivity contribution in [3.05, 3.63) is 105 Å². The summed E-state index contributed by atoms with van der Waals surface area (Å²) in [6.07, 6.45) is 6.18. The zero-order valence-electron chi connectivity index (χ0n) is 42.4. The lowest BCUT2D eigenvalue weighted by atomic mass is 9.77. The molecule has 1 aromatic heterocycles. The number of hydroxylamine groups is 1. The van der Waals surface area contributed by atoms with Gasteiger partial charge >= 0.3 is 0 Å². The number of aromatic nitrogens is 2. The van der Waals surface area contributed by atoms with Crippen LogP contribution in [0.1, 0.15) is 137 Å². The van der Waals surface area contributed by atoms with Gasteiger partial charge in [0.05, 0.1) is 27.5 Å². The third-order valence-corrected chi connectivity index (χ3v) is 14.1. The quantitative estimate of drug-likeness (QED) is 0.0331. The number of carbonyl (C=O) groups excluding carboxylic acids is 4. The van der Waals surface area contributed by atoms with Crippen molar-refractivity contribution in [1.82, 2.24) is 14.9 Å². The molecular weight excluding hydrogens is 924 g/mol. The molecule has 2 saturated heterocycles. The number of hydrogen-bond donors (Lipinski definition) is 3. The SMILES string of the molecule is CCC(=O)CCC(C)C(C)=O.CCC(C)C(=O)c1cccc(N2CCN(CC3CCN(c4c(Cl)cc(C(C)(C)c5ccc(OCc6ccnc(N[N+](C)(O)S)n6)cc5)cc4C#N)CC3)CC2)c1C(C)=O. The standard InChI is InChI=1S/C45H56ClN8O4S.C9H16O2/c1-7-30(2)43(56)38-9-8-10-40(41(38)31(3)55)52-23-21-51(22-24-52)28-32-16-19-53(20-17-32)42-33(27-47)25-35(26-39(42)46)45(4,5)34-11-13-37(14-12-34)58-29-36-15-18-48-44(49-36)50-54(6,57)59;1-4-9(11)6-5-7(2)8(3)10/h8-15,18,25-26,30,32,57,59H,7,16-17,19-24,28-29H2,1-6H3,(H,48,49,50);7H,4-6H2,1-3H3/q+1;. The largest absolute Gasteiger partial charge is 0.487 e. The van der Waals surface area contributed by atoms with Gasteiger partial charge in [0.15, 0.2) is 11.6 Å². The number of hydrogen-bond acceptors (Lipinski definition) is 14. The van der Waals surface area contributed by atoms with Crippen molar-refractivity contribution in [2.45, 2.75) is 106 Å². The van der Waals surface area contributed by atoms with Gasteiger partial charge in [-0.3, -0.25) is 24.1 Å². The Kier molecular flexibility index (Phi) is 20.0. The lowest BCUT2D eigenvalue weighted by Crippen LogP contribution is -2.49. The van der Waals surface area contributed by atoms with Crippen molar-refractivity contribution in [1.29, 1.82) is 5.26 Å². The van der Waals surface area contributed by atoms with E-state index in [1.807, 2.05) is 76.2 Å². The molecule has 2 N–H and O–H groups in total. The van der Waals surface area contributed by atoms with Crippen LogP contribution >= 0.6 is 24.4 Å². The molecular formula is C54H72ClN8O6S+. The number of ether oxygens (including phenoxy) is 1. The summed E-state index contributed by atoms with van der Waals surface area (Å²) in [6, 6.07) is 21.7. The number of quaternary nitrogens is 1. The zero-order chi connectivity index (χ0) is 51.3. The number of Topliss-reactive ketones (excluding diaryl/α,β-unsaturated/α-hetero) is 4. The van der Waals surface area contributed by atoms with E-state index in [0.717, 1.165) is 87.6 Å². The predicted molar refractivity (Wildman–Crippen MR) is 280 cm³/mol. The highest BCUT2D eigenvalue weighted by Crippen LogP contribution is 2.40. The van der Waals surface area contributed by atoms with Crippen LogP contribution in [-0.2, 0) is 21.6 Å². The second-order valence-electron chi connectivity index (χ2n) is 19.4. The molecule has 0 radical (unpaired) electrons. The minimum Gasteiger partial charge on any atom is -0.487 e. The molecule has 376 valence electrons. The first-order valence-corrected chi connectivity index (χ1v) is 25.3. The molecule has 3 aromatic carbocycles. The van der Waals surface area contributed by atoms with Gasteiger partial charge in [-0.2, -0.15) is 15.9 Å². The lowest BCUT2D eigenvalue weighted by Gasteiger charge is -2.41. The highest BCUT2D eigenvalue weighted by Gasteiger charge is 2.31. The molecule has 2 fully saturated rings. The van der Waals surface area contributed by atoms with Gasteiger partial charge in [-0.25, -0.2) is 9.97 Å². The Bertz CT molecular complexity index is 2490. The fourth-order valence-corrected chi connectivity index (χ4v) is 9.27. The molecule has 3 unspecified atom stereocenters. The number of anilines is 3. The van der Waals surface area contributed by atoms with Gasteiger partial charge in [-0.15, -0.1) is 0 Å². The van der Waals surface area contributed by atoms with Gasteiger partial charge in [-0.05, 0) is 97.1 Å². The summed E-state index contributed by atoms with van der Waals surface area (Å²) >= 11 is 11.0. The number of carbonyl (C=O) groups is 4. The zero-order valence-corrected chi connectivity index (χ0v) is 44.1. The molecule has 0 spiro atoms. The second kappa shape index (κ2) is 25.1. The first-order valence-electron chi connectivity index (χ1n) is 24.5. The van der Waals surface area contributed by atoms with Crippen LogP contribution < -0.4 is 20.0 Å². The van der Waals surface area contributed by atoms with Gasteiger partial charge in [0.1, 0.15) is 49.9 Å². The topological polar surface area (TPSA) is 169 Å². The summed E-state index contributed by atoms with van der Waals surface area (Å²) in [5, 5.41) is 20.8. The minimum atomic E-state index is -0.807. The summed E-state index contributed by atoms with van der Waals surface area (Å²) in [4.78, 5) is 63.1. The van der Waals surface area contributed by atoms with Gasteiger partial charge in [0, 0.05) is 93.4 Å². The smallest absolute Gasteiger partial charge is 0.273 e. The van der Waals surface area contributed by atoms with Gasteiger partial charge < -0.3 is 14.5 Å². The van der Waals surface area contributed by atoms with E-state index in [0.29, 0.717) is 58.3 Å². The summed E-state index contributed by atoms with van der Waals surface area (Å²) in [5.74, 6) is 1.74.